The van der Waals surface area contributed by atoms with Crippen LogP contribution in [0.2, 0.25) is 0 Å². The molecule has 1 fully saturated rings. The summed E-state index contributed by atoms with van der Waals surface area (Å²) >= 11 is 7.40. The van der Waals surface area contributed by atoms with Gasteiger partial charge in [0, 0.05) is 37.6 Å². The van der Waals surface area contributed by atoms with Gasteiger partial charge in [-0.15, -0.1) is 11.3 Å². The molecule has 172 valence electrons. The molecule has 0 amide bonds. The number of methoxy groups -OCH3 is 2. The van der Waals surface area contributed by atoms with Crippen molar-refractivity contribution in [1.82, 2.24) is 9.80 Å². The van der Waals surface area contributed by atoms with Crippen LogP contribution in [0.4, 0.5) is 5.00 Å². The number of benzene rings is 1. The van der Waals surface area contributed by atoms with Gasteiger partial charge < -0.3 is 19.7 Å². The molecule has 1 atom stereocenters. The number of carbonyl (C=O) groups excluding carboxylic acids is 1. The van der Waals surface area contributed by atoms with Crippen LogP contribution in [-0.4, -0.2) is 61.3 Å². The maximum atomic E-state index is 12.5. The molecule has 1 saturated heterocycles. The van der Waals surface area contributed by atoms with E-state index in [4.69, 9.17) is 21.7 Å². The number of fused-ring (bicyclic) bond motifs is 1. The van der Waals surface area contributed by atoms with Crippen molar-refractivity contribution in [1.29, 1.82) is 0 Å². The summed E-state index contributed by atoms with van der Waals surface area (Å²) in [6.07, 6.45) is 3.04. The molecule has 1 aliphatic carbocycles. The Kier molecular flexibility index (Phi) is 7.33. The highest BCUT2D eigenvalue weighted by molar-refractivity contribution is 7.80. The van der Waals surface area contributed by atoms with Crippen molar-refractivity contribution < 1.29 is 14.3 Å². The molecule has 1 aromatic heterocycles. The molecule has 1 unspecified atom stereocenters. The lowest BCUT2D eigenvalue weighted by Crippen LogP contribution is -2.49. The van der Waals surface area contributed by atoms with E-state index in [0.717, 1.165) is 68.3 Å². The van der Waals surface area contributed by atoms with Crippen LogP contribution >= 0.6 is 23.6 Å². The van der Waals surface area contributed by atoms with Crippen LogP contribution in [0.1, 0.15) is 39.7 Å². The number of hydrogen-bond acceptors (Lipinski definition) is 6. The molecule has 1 aliphatic heterocycles. The molecule has 0 radical (unpaired) electrons. The van der Waals surface area contributed by atoms with Gasteiger partial charge in [0.25, 0.3) is 0 Å². The van der Waals surface area contributed by atoms with Gasteiger partial charge in [0.1, 0.15) is 10.8 Å². The first kappa shape index (κ1) is 23.0. The van der Waals surface area contributed by atoms with Gasteiger partial charge in [-0.05, 0) is 60.7 Å². The van der Waals surface area contributed by atoms with Crippen LogP contribution in [0.25, 0.3) is 0 Å². The third-order valence-electron chi connectivity index (χ3n) is 6.32. The molecule has 2 heterocycles. The predicted molar refractivity (Wildman–Crippen MR) is 133 cm³/mol. The highest BCUT2D eigenvalue weighted by atomic mass is 32.1. The number of nitrogens with zero attached hydrogens (tertiary/aromatic N) is 2. The molecule has 0 saturated carbocycles. The number of hydrogen-bond donors (Lipinski definition) is 1. The standard InChI is InChI=1S/C24H31N3O3S2/c1-16-7-8-19-20(13-16)32-22(21(19)23(28)30-3)25-24(31)27-11-9-26(10-12-27)15-17-5-4-6-18(14-17)29-2/h4-6,14,16H,7-13,15H2,1-3H3,(H,25,31). The van der Waals surface area contributed by atoms with E-state index in [1.165, 1.54) is 17.6 Å². The minimum absolute atomic E-state index is 0.273. The average molecular weight is 474 g/mol. The van der Waals surface area contributed by atoms with E-state index in [1.807, 2.05) is 12.1 Å². The molecule has 0 spiro atoms. The van der Waals surface area contributed by atoms with Gasteiger partial charge in [-0.1, -0.05) is 19.1 Å². The maximum absolute atomic E-state index is 12.5. The summed E-state index contributed by atoms with van der Waals surface area (Å²) in [4.78, 5) is 18.5. The Morgan fingerprint density at radius 1 is 1.25 bits per heavy atom. The van der Waals surface area contributed by atoms with Gasteiger partial charge in [0.05, 0.1) is 19.8 Å². The van der Waals surface area contributed by atoms with E-state index in [9.17, 15) is 4.79 Å². The lowest BCUT2D eigenvalue weighted by atomic mass is 9.88. The summed E-state index contributed by atoms with van der Waals surface area (Å²) in [5.41, 5.74) is 3.08. The lowest BCUT2D eigenvalue weighted by Gasteiger charge is -2.36. The zero-order valence-corrected chi connectivity index (χ0v) is 20.6. The highest BCUT2D eigenvalue weighted by Crippen LogP contribution is 2.40. The molecular weight excluding hydrogens is 442 g/mol. The zero-order chi connectivity index (χ0) is 22.7. The van der Waals surface area contributed by atoms with E-state index < -0.39 is 0 Å². The smallest absolute Gasteiger partial charge is 0.341 e. The molecule has 1 N–H and O–H groups in total. The van der Waals surface area contributed by atoms with E-state index in [0.29, 0.717) is 16.6 Å². The van der Waals surface area contributed by atoms with E-state index in [1.54, 1.807) is 18.4 Å². The average Bonchev–Trinajstić information content (AvgIpc) is 3.15. The minimum Gasteiger partial charge on any atom is -0.497 e. The number of thiocarbonyl (C=S) groups is 1. The minimum atomic E-state index is -0.273. The lowest BCUT2D eigenvalue weighted by molar-refractivity contribution is 0.0601. The molecule has 0 bridgehead atoms. The Morgan fingerprint density at radius 2 is 2.03 bits per heavy atom. The largest absolute Gasteiger partial charge is 0.497 e. The molecular formula is C24H31N3O3S2. The van der Waals surface area contributed by atoms with E-state index in [-0.39, 0.29) is 5.97 Å². The van der Waals surface area contributed by atoms with E-state index >= 15 is 0 Å². The number of nitrogens with one attached hydrogen (secondary N) is 1. The second-order valence-corrected chi connectivity index (χ2v) is 10.1. The summed E-state index contributed by atoms with van der Waals surface area (Å²) < 4.78 is 10.4. The fourth-order valence-corrected chi connectivity index (χ4v) is 6.22. The van der Waals surface area contributed by atoms with Crippen LogP contribution in [0, 0.1) is 5.92 Å². The number of piperazine rings is 1. The Bertz CT molecular complexity index is 983. The summed E-state index contributed by atoms with van der Waals surface area (Å²) in [7, 11) is 3.14. The van der Waals surface area contributed by atoms with Crippen molar-refractivity contribution in [3.05, 3.63) is 45.8 Å². The van der Waals surface area contributed by atoms with Crippen molar-refractivity contribution in [2.24, 2.45) is 5.92 Å². The third kappa shape index (κ3) is 5.08. The maximum Gasteiger partial charge on any atom is 0.341 e. The first-order valence-corrected chi connectivity index (χ1v) is 12.3. The number of anilines is 1. The Balaban J connectivity index is 1.38. The highest BCUT2D eigenvalue weighted by Gasteiger charge is 2.29. The molecule has 6 nitrogen and oxygen atoms in total. The van der Waals surface area contributed by atoms with Crippen molar-refractivity contribution in [2.45, 2.75) is 32.7 Å². The third-order valence-corrected chi connectivity index (χ3v) is 7.85. The zero-order valence-electron chi connectivity index (χ0n) is 19.0. The molecule has 32 heavy (non-hydrogen) atoms. The van der Waals surface area contributed by atoms with Crippen molar-refractivity contribution in [3.8, 4) is 5.75 Å². The number of carbonyl (C=O) groups is 1. The molecule has 2 aromatic rings. The number of esters is 1. The summed E-state index contributed by atoms with van der Waals surface area (Å²) in [6, 6.07) is 8.22. The Morgan fingerprint density at radius 3 is 2.75 bits per heavy atom. The van der Waals surface area contributed by atoms with E-state index in [2.05, 4.69) is 34.2 Å². The van der Waals surface area contributed by atoms with Crippen LogP contribution in [0.3, 0.4) is 0 Å². The van der Waals surface area contributed by atoms with Gasteiger partial charge >= 0.3 is 5.97 Å². The second-order valence-electron chi connectivity index (χ2n) is 8.59. The fraction of sp³-hybridized carbons (Fsp3) is 0.500. The van der Waals surface area contributed by atoms with Crippen LogP contribution in [0.15, 0.2) is 24.3 Å². The number of thiophene rings is 1. The SMILES string of the molecule is COC(=O)c1c(NC(=S)N2CCN(Cc3cccc(OC)c3)CC2)sc2c1CCC(C)C2. The van der Waals surface area contributed by atoms with Crippen LogP contribution in [0.5, 0.6) is 5.75 Å². The molecule has 1 aromatic carbocycles. The van der Waals surface area contributed by atoms with Gasteiger partial charge in [0.15, 0.2) is 5.11 Å². The Labute approximate surface area is 199 Å². The summed E-state index contributed by atoms with van der Waals surface area (Å²) in [5.74, 6) is 1.26. The summed E-state index contributed by atoms with van der Waals surface area (Å²) in [6.45, 7) is 6.73. The predicted octanol–water partition coefficient (Wildman–Crippen LogP) is 4.18. The van der Waals surface area contributed by atoms with Crippen molar-refractivity contribution in [2.75, 3.05) is 45.7 Å². The molecule has 2 aliphatic rings. The normalized spacial score (nSPS) is 18.7. The number of rotatable bonds is 5. The first-order chi connectivity index (χ1) is 15.5. The monoisotopic (exact) mass is 473 g/mol. The van der Waals surface area contributed by atoms with Crippen LogP contribution < -0.4 is 10.1 Å². The topological polar surface area (TPSA) is 54.0 Å². The van der Waals surface area contributed by atoms with Crippen molar-refractivity contribution >= 4 is 39.6 Å². The van der Waals surface area contributed by atoms with Gasteiger partial charge in [-0.3, -0.25) is 4.90 Å². The van der Waals surface area contributed by atoms with Crippen LogP contribution in [-0.2, 0) is 24.1 Å². The quantitative estimate of drug-likeness (QED) is 0.516. The van der Waals surface area contributed by atoms with Gasteiger partial charge in [-0.2, -0.15) is 0 Å². The van der Waals surface area contributed by atoms with Gasteiger partial charge in [0.2, 0.25) is 0 Å². The van der Waals surface area contributed by atoms with Crippen molar-refractivity contribution in [3.63, 3.8) is 0 Å². The molecule has 4 rings (SSSR count). The first-order valence-electron chi connectivity index (χ1n) is 11.1. The molecule has 8 heteroatoms. The Hall–Kier alpha value is -2.16. The fourth-order valence-electron chi connectivity index (χ4n) is 4.47. The second kappa shape index (κ2) is 10.2. The summed E-state index contributed by atoms with van der Waals surface area (Å²) in [5, 5.41) is 4.90. The number of ether oxygens (including phenoxy) is 2. The van der Waals surface area contributed by atoms with Gasteiger partial charge in [-0.25, -0.2) is 4.79 Å².